The van der Waals surface area contributed by atoms with Crippen LogP contribution in [0.15, 0.2) is 4.60 Å². The second-order valence-electron chi connectivity index (χ2n) is 9.76. The number of carbonyl (C=O) groups excluding carboxylic acids is 1. The number of halogens is 1. The van der Waals surface area contributed by atoms with Crippen molar-refractivity contribution in [2.75, 3.05) is 19.8 Å². The average molecular weight is 494 g/mol. The van der Waals surface area contributed by atoms with Gasteiger partial charge in [-0.2, -0.15) is 0 Å². The Hall–Kier alpha value is -0.326. The van der Waals surface area contributed by atoms with E-state index in [1.54, 1.807) is 4.57 Å². The number of nitrogens with zero attached hydrogens (tertiary/aromatic N) is 2. The lowest BCUT2D eigenvalue weighted by atomic mass is 10.2. The molecule has 1 heterocycles. The first-order chi connectivity index (χ1) is 12.8. The van der Waals surface area contributed by atoms with E-state index in [-0.39, 0.29) is 5.04 Å². The van der Waals surface area contributed by atoms with Gasteiger partial charge in [0.2, 0.25) is 0 Å². The predicted octanol–water partition coefficient (Wildman–Crippen LogP) is 5.31. The van der Waals surface area contributed by atoms with Crippen LogP contribution in [0.5, 0.6) is 0 Å². The fourth-order valence-electron chi connectivity index (χ4n) is 2.12. The quantitative estimate of drug-likeness (QED) is 0.224. The summed E-state index contributed by atoms with van der Waals surface area (Å²) in [7, 11) is -2.91. The van der Waals surface area contributed by atoms with Crippen molar-refractivity contribution in [1.82, 2.24) is 9.55 Å². The van der Waals surface area contributed by atoms with E-state index in [0.29, 0.717) is 49.3 Å². The summed E-state index contributed by atoms with van der Waals surface area (Å²) in [5.41, 5.74) is 0.476. The van der Waals surface area contributed by atoms with Crippen molar-refractivity contribution in [2.45, 2.75) is 77.9 Å². The second kappa shape index (κ2) is 10.6. The Balaban J connectivity index is 2.57. The molecule has 9 heteroatoms. The lowest BCUT2D eigenvalue weighted by Crippen LogP contribution is -2.41. The summed E-state index contributed by atoms with van der Waals surface area (Å²) in [6.45, 7) is 20.4. The molecule has 0 N–H and O–H groups in total. The van der Waals surface area contributed by atoms with Gasteiger partial charge in [0.05, 0.1) is 13.2 Å². The predicted molar refractivity (Wildman–Crippen MR) is 122 cm³/mol. The number of ether oxygens (including phenoxy) is 2. The number of rotatable bonds is 12. The van der Waals surface area contributed by atoms with Gasteiger partial charge in [-0.3, -0.25) is 9.36 Å². The third-order valence-corrected chi connectivity index (χ3v) is 11.9. The molecule has 28 heavy (non-hydrogen) atoms. The van der Waals surface area contributed by atoms with Crippen molar-refractivity contribution in [1.29, 1.82) is 0 Å². The number of carbonyl (C=O) groups is 1. The third kappa shape index (κ3) is 8.19. The summed E-state index contributed by atoms with van der Waals surface area (Å²) in [5.74, 6) is 0.675. The molecule has 162 valence electrons. The molecule has 0 aliphatic heterocycles. The summed E-state index contributed by atoms with van der Waals surface area (Å²) >= 11 is 3.35. The van der Waals surface area contributed by atoms with Crippen LogP contribution in [-0.2, 0) is 27.2 Å². The Kier molecular flexibility index (Phi) is 9.76. The molecule has 0 atom stereocenters. The lowest BCUT2D eigenvalue weighted by Gasteiger charge is -2.36. The molecule has 0 aromatic carbocycles. The van der Waals surface area contributed by atoms with E-state index in [1.807, 2.05) is 0 Å². The fourth-order valence-corrected chi connectivity index (χ4v) is 4.41. The van der Waals surface area contributed by atoms with Crippen molar-refractivity contribution in [2.24, 2.45) is 0 Å². The van der Waals surface area contributed by atoms with Crippen molar-refractivity contribution in [3.8, 4) is 0 Å². The Morgan fingerprint density at radius 3 is 2.25 bits per heavy atom. The zero-order chi connectivity index (χ0) is 21.6. The number of aldehydes is 1. The molecule has 0 spiro atoms. The van der Waals surface area contributed by atoms with E-state index in [2.05, 4.69) is 74.4 Å². The highest BCUT2D eigenvalue weighted by Gasteiger charge is 2.36. The van der Waals surface area contributed by atoms with E-state index in [1.165, 1.54) is 0 Å². The molecule has 0 aliphatic carbocycles. The largest absolute Gasteiger partial charge is 0.414 e. The van der Waals surface area contributed by atoms with Crippen molar-refractivity contribution in [3.05, 3.63) is 16.1 Å². The molecule has 0 amide bonds. The molecular formula is C19H37BrN2O4Si2. The zero-order valence-electron chi connectivity index (χ0n) is 18.7. The first-order valence-electron chi connectivity index (χ1n) is 9.78. The van der Waals surface area contributed by atoms with Gasteiger partial charge in [-0.15, -0.1) is 0 Å². The van der Waals surface area contributed by atoms with E-state index in [0.717, 1.165) is 12.3 Å². The normalized spacial score (nSPS) is 13.2. The molecule has 1 rings (SSSR count). The average Bonchev–Trinajstić information content (AvgIpc) is 2.84. The van der Waals surface area contributed by atoms with Crippen LogP contribution in [0.1, 0.15) is 37.1 Å². The van der Waals surface area contributed by atoms with Crippen LogP contribution in [0.25, 0.3) is 0 Å². The number of hydrogen-bond acceptors (Lipinski definition) is 5. The summed E-state index contributed by atoms with van der Waals surface area (Å²) in [5, 5.41) is 0.181. The van der Waals surface area contributed by atoms with Crippen LogP contribution >= 0.6 is 15.9 Å². The van der Waals surface area contributed by atoms with Crippen LogP contribution in [0.4, 0.5) is 0 Å². The van der Waals surface area contributed by atoms with Crippen molar-refractivity contribution >= 4 is 38.6 Å². The molecule has 0 radical (unpaired) electrons. The van der Waals surface area contributed by atoms with Crippen LogP contribution in [0.3, 0.4) is 0 Å². The molecule has 6 nitrogen and oxygen atoms in total. The Labute approximate surface area is 180 Å². The van der Waals surface area contributed by atoms with Gasteiger partial charge in [0.25, 0.3) is 0 Å². The summed E-state index contributed by atoms with van der Waals surface area (Å²) in [6.07, 6.45) is 0.795. The van der Waals surface area contributed by atoms with Crippen molar-refractivity contribution in [3.63, 3.8) is 0 Å². The van der Waals surface area contributed by atoms with Gasteiger partial charge in [-0.25, -0.2) is 4.98 Å². The highest BCUT2D eigenvalue weighted by molar-refractivity contribution is 9.10. The van der Waals surface area contributed by atoms with Crippen LogP contribution < -0.4 is 0 Å². The van der Waals surface area contributed by atoms with E-state index >= 15 is 0 Å². The molecule has 0 fully saturated rings. The molecule has 0 aliphatic rings. The summed E-state index contributed by atoms with van der Waals surface area (Å²) in [6, 6.07) is 1.08. The maximum Gasteiger partial charge on any atom is 0.192 e. The van der Waals surface area contributed by atoms with Gasteiger partial charge in [0, 0.05) is 14.7 Å². The SMILES string of the molecule is CC(C)(C)[Si](C)(C)OCCOCc1nc(Br)c(C=O)n1COCC[Si](C)(C)C. The van der Waals surface area contributed by atoms with E-state index < -0.39 is 16.4 Å². The minimum atomic E-state index is -1.76. The highest BCUT2D eigenvalue weighted by atomic mass is 79.9. The monoisotopic (exact) mass is 492 g/mol. The molecule has 0 bridgehead atoms. The smallest absolute Gasteiger partial charge is 0.192 e. The molecule has 1 aromatic rings. The Bertz CT molecular complexity index is 637. The topological polar surface area (TPSA) is 62.6 Å². The lowest BCUT2D eigenvalue weighted by molar-refractivity contribution is 0.0593. The van der Waals surface area contributed by atoms with Gasteiger partial charge < -0.3 is 13.9 Å². The first kappa shape index (κ1) is 25.7. The first-order valence-corrected chi connectivity index (χ1v) is 17.2. The Morgan fingerprint density at radius 1 is 1.07 bits per heavy atom. The zero-order valence-corrected chi connectivity index (χ0v) is 22.3. The number of imidazole rings is 1. The van der Waals surface area contributed by atoms with Crippen molar-refractivity contribution < 1.29 is 18.7 Å². The van der Waals surface area contributed by atoms with Crippen LogP contribution in [0, 0.1) is 0 Å². The molecular weight excluding hydrogens is 456 g/mol. The maximum absolute atomic E-state index is 11.4. The van der Waals surface area contributed by atoms with Gasteiger partial charge in [-0.05, 0) is 40.1 Å². The minimum Gasteiger partial charge on any atom is -0.414 e. The third-order valence-electron chi connectivity index (χ3n) is 5.10. The highest BCUT2D eigenvalue weighted by Crippen LogP contribution is 2.36. The standard InChI is InChI=1S/C19H37BrN2O4Si2/c1-19(2,3)28(7,8)26-10-9-24-14-17-21-18(20)16(13-23)22(17)15-25-11-12-27(4,5)6/h13H,9-12,14-15H2,1-8H3. The molecule has 0 saturated carbocycles. The molecule has 0 unspecified atom stereocenters. The number of aromatic nitrogens is 2. The van der Waals surface area contributed by atoms with Crippen LogP contribution in [-0.4, -0.2) is 52.0 Å². The van der Waals surface area contributed by atoms with Gasteiger partial charge >= 0.3 is 0 Å². The van der Waals surface area contributed by atoms with E-state index in [9.17, 15) is 4.79 Å². The Morgan fingerprint density at radius 2 is 1.71 bits per heavy atom. The van der Waals surface area contributed by atoms with Gasteiger partial charge in [-0.1, -0.05) is 40.4 Å². The molecule has 1 aromatic heterocycles. The van der Waals surface area contributed by atoms with Crippen LogP contribution in [0.2, 0.25) is 43.8 Å². The maximum atomic E-state index is 11.4. The summed E-state index contributed by atoms with van der Waals surface area (Å²) < 4.78 is 20.0. The molecule has 0 saturated heterocycles. The number of hydrogen-bond donors (Lipinski definition) is 0. The fraction of sp³-hybridized carbons (Fsp3) is 0.789. The summed E-state index contributed by atoms with van der Waals surface area (Å²) in [4.78, 5) is 15.9. The minimum absolute atomic E-state index is 0.181. The van der Waals surface area contributed by atoms with Gasteiger partial charge in [0.15, 0.2) is 14.6 Å². The van der Waals surface area contributed by atoms with E-state index in [4.69, 9.17) is 13.9 Å². The second-order valence-corrected chi connectivity index (χ2v) is 20.9. The van der Waals surface area contributed by atoms with Gasteiger partial charge in [0.1, 0.15) is 29.5 Å².